The Bertz CT molecular complexity index is 2120. The van der Waals surface area contributed by atoms with Gasteiger partial charge in [0, 0.05) is 29.6 Å². The molecule has 0 unspecified atom stereocenters. The van der Waals surface area contributed by atoms with Crippen molar-refractivity contribution >= 4 is 42.8 Å². The van der Waals surface area contributed by atoms with Crippen molar-refractivity contribution in [1.29, 1.82) is 0 Å². The molecule has 0 fully saturated rings. The number of nitrogens with zero attached hydrogens (tertiary/aromatic N) is 4. The van der Waals surface area contributed by atoms with E-state index in [0.29, 0.717) is 32.5 Å². The number of hydrogen-bond donors (Lipinski definition) is 2. The predicted octanol–water partition coefficient (Wildman–Crippen LogP) is 3.19. The molecule has 3 aromatic heterocycles. The molecule has 0 saturated heterocycles. The van der Waals surface area contributed by atoms with Gasteiger partial charge in [-0.25, -0.2) is 35.5 Å². The summed E-state index contributed by atoms with van der Waals surface area (Å²) in [4.78, 5) is 24.5. The Labute approximate surface area is 265 Å². The normalized spacial score (nSPS) is 11.7. The number of pyridine rings is 2. The number of methoxy groups -OCH3 is 2. The summed E-state index contributed by atoms with van der Waals surface area (Å²) < 4.78 is 74.7. The second-order valence-electron chi connectivity index (χ2n) is 9.91. The van der Waals surface area contributed by atoms with E-state index in [-0.39, 0.29) is 34.8 Å². The van der Waals surface area contributed by atoms with Crippen LogP contribution < -0.4 is 24.2 Å². The van der Waals surface area contributed by atoms with Gasteiger partial charge in [0.2, 0.25) is 0 Å². The van der Waals surface area contributed by atoms with Gasteiger partial charge in [-0.15, -0.1) is 0 Å². The van der Waals surface area contributed by atoms with E-state index in [9.17, 15) is 21.6 Å². The number of benzene rings is 2. The molecule has 0 bridgehead atoms. The highest BCUT2D eigenvalue weighted by atomic mass is 32.2. The highest BCUT2D eigenvalue weighted by Gasteiger charge is 2.32. The van der Waals surface area contributed by atoms with Gasteiger partial charge < -0.3 is 19.5 Å². The number of anilines is 1. The highest BCUT2D eigenvalue weighted by molar-refractivity contribution is 7.92. The number of ether oxygens (including phenoxy) is 3. The lowest BCUT2D eigenvalue weighted by Gasteiger charge is -2.14. The van der Waals surface area contributed by atoms with E-state index in [1.54, 1.807) is 31.3 Å². The van der Waals surface area contributed by atoms with Crippen LogP contribution in [0.5, 0.6) is 17.2 Å². The number of hydrogen-bond acceptors (Lipinski definition) is 11. The number of aromatic nitrogens is 4. The van der Waals surface area contributed by atoms with Gasteiger partial charge >= 0.3 is 0 Å². The summed E-state index contributed by atoms with van der Waals surface area (Å²) in [6.45, 7) is 2.95. The third-order valence-corrected chi connectivity index (χ3v) is 9.99. The molecule has 0 radical (unpaired) electrons. The second-order valence-corrected chi connectivity index (χ2v) is 13.4. The Morgan fingerprint density at radius 3 is 2.33 bits per heavy atom. The summed E-state index contributed by atoms with van der Waals surface area (Å²) in [5.41, 5.74) is 1.89. The zero-order chi connectivity index (χ0) is 33.1. The minimum atomic E-state index is -4.56. The molecule has 5 aromatic rings. The van der Waals surface area contributed by atoms with Gasteiger partial charge in [0.05, 0.1) is 42.4 Å². The van der Waals surface area contributed by atoms with Gasteiger partial charge in [-0.2, -0.15) is 0 Å². The van der Waals surface area contributed by atoms with Crippen LogP contribution in [0.2, 0.25) is 0 Å². The van der Waals surface area contributed by atoms with Crippen molar-refractivity contribution in [3.63, 3.8) is 0 Å². The number of imidazole rings is 1. The summed E-state index contributed by atoms with van der Waals surface area (Å²) >= 11 is 0. The van der Waals surface area contributed by atoms with Crippen molar-refractivity contribution in [2.45, 2.75) is 30.4 Å². The molecule has 5 rings (SSSR count). The van der Waals surface area contributed by atoms with Crippen molar-refractivity contribution in [2.24, 2.45) is 0 Å². The number of fused-ring (bicyclic) bond motifs is 1. The van der Waals surface area contributed by atoms with E-state index in [1.165, 1.54) is 62.9 Å². The summed E-state index contributed by atoms with van der Waals surface area (Å²) in [5.74, 6) is 0.948. The summed E-state index contributed by atoms with van der Waals surface area (Å²) in [7, 11) is -6.19. The Kier molecular flexibility index (Phi) is 9.22. The van der Waals surface area contributed by atoms with Crippen molar-refractivity contribution in [2.75, 3.05) is 26.1 Å². The van der Waals surface area contributed by atoms with Crippen LogP contribution in [-0.4, -0.2) is 62.5 Å². The first kappa shape index (κ1) is 32.3. The molecule has 0 saturated carbocycles. The molecule has 2 aromatic carbocycles. The summed E-state index contributed by atoms with van der Waals surface area (Å²) in [6, 6.07) is 14.6. The molecule has 46 heavy (non-hydrogen) atoms. The Balaban J connectivity index is 1.45. The number of sulfonamides is 1. The topological polar surface area (TPSA) is 181 Å². The summed E-state index contributed by atoms with van der Waals surface area (Å²) in [6.07, 6.45) is 3.09. The minimum Gasteiger partial charge on any atom is -0.497 e. The van der Waals surface area contributed by atoms with Crippen molar-refractivity contribution in [3.8, 4) is 17.2 Å². The van der Waals surface area contributed by atoms with Gasteiger partial charge in [0.25, 0.3) is 31.1 Å². The predicted molar refractivity (Wildman–Crippen MR) is 168 cm³/mol. The molecular weight excluding hydrogens is 636 g/mol. The Morgan fingerprint density at radius 2 is 1.65 bits per heavy atom. The van der Waals surface area contributed by atoms with Crippen LogP contribution in [0.15, 0.2) is 83.1 Å². The maximum Gasteiger partial charge on any atom is 0.275 e. The van der Waals surface area contributed by atoms with Gasteiger partial charge in [-0.3, -0.25) is 9.78 Å². The Hall–Kier alpha value is -5.06. The number of nitrogens with one attached hydrogen (secondary N) is 2. The first-order valence-corrected chi connectivity index (χ1v) is 16.6. The minimum absolute atomic E-state index is 0.0162. The Morgan fingerprint density at radius 1 is 0.913 bits per heavy atom. The summed E-state index contributed by atoms with van der Waals surface area (Å²) in [5, 5.41) is 1.83. The molecule has 14 nitrogen and oxygen atoms in total. The molecule has 1 amide bonds. The quantitative estimate of drug-likeness (QED) is 0.200. The highest BCUT2D eigenvalue weighted by Crippen LogP contribution is 2.30. The fourth-order valence-electron chi connectivity index (χ4n) is 4.60. The van der Waals surface area contributed by atoms with E-state index in [2.05, 4.69) is 25.0 Å². The van der Waals surface area contributed by atoms with E-state index in [0.717, 1.165) is 5.56 Å². The third-order valence-electron chi connectivity index (χ3n) is 6.88. The SMILES string of the molecule is COc1ccc2nc(S(=O)(=O)NCc3ncc(C)c(OC)c3C)n(S(=O)(=O)c3ccc(OCC(=O)Nc4ccccn4)cc3)c2c1. The molecule has 0 aliphatic carbocycles. The van der Waals surface area contributed by atoms with Gasteiger partial charge in [0.15, 0.2) is 6.61 Å². The maximum absolute atomic E-state index is 14.1. The van der Waals surface area contributed by atoms with Crippen LogP contribution in [0, 0.1) is 13.8 Å². The van der Waals surface area contributed by atoms with Crippen molar-refractivity contribution < 1.29 is 35.8 Å². The smallest absolute Gasteiger partial charge is 0.275 e. The fourth-order valence-corrected chi connectivity index (χ4v) is 7.52. The molecule has 0 aliphatic rings. The molecule has 3 heterocycles. The molecule has 0 atom stereocenters. The van der Waals surface area contributed by atoms with Crippen LogP contribution in [-0.2, 0) is 31.4 Å². The lowest BCUT2D eigenvalue weighted by Crippen LogP contribution is -2.29. The zero-order valence-corrected chi connectivity index (χ0v) is 26.8. The largest absolute Gasteiger partial charge is 0.497 e. The van der Waals surface area contributed by atoms with Crippen LogP contribution >= 0.6 is 0 Å². The van der Waals surface area contributed by atoms with Crippen LogP contribution in [0.3, 0.4) is 0 Å². The van der Waals surface area contributed by atoms with E-state index >= 15 is 0 Å². The number of aryl methyl sites for hydroxylation is 1. The first-order valence-electron chi connectivity index (χ1n) is 13.7. The van der Waals surface area contributed by atoms with Crippen LogP contribution in [0.25, 0.3) is 11.0 Å². The van der Waals surface area contributed by atoms with Crippen LogP contribution in [0.1, 0.15) is 16.8 Å². The standard InChI is InChI=1S/C30H30N6O8S2/c1-19-16-32-25(20(2)29(19)43-4)17-33-45(38,39)30-34-24-13-10-22(42-3)15-26(24)36(30)46(40,41)23-11-8-21(9-12-23)44-18-28(37)35-27-7-5-6-14-31-27/h5-16,33H,17-18H2,1-4H3,(H,31,35,37). The zero-order valence-electron chi connectivity index (χ0n) is 25.2. The van der Waals surface area contributed by atoms with Gasteiger partial charge in [0.1, 0.15) is 23.1 Å². The van der Waals surface area contributed by atoms with Crippen molar-refractivity contribution in [1.82, 2.24) is 23.6 Å². The molecule has 16 heteroatoms. The molecular formula is C30H30N6O8S2. The first-order chi connectivity index (χ1) is 21.9. The van der Waals surface area contributed by atoms with Crippen molar-refractivity contribution in [3.05, 3.63) is 89.9 Å². The van der Waals surface area contributed by atoms with E-state index in [1.807, 2.05) is 6.92 Å². The lowest BCUT2D eigenvalue weighted by atomic mass is 10.1. The number of amides is 1. The molecule has 240 valence electrons. The maximum atomic E-state index is 14.1. The number of carbonyl (C=O) groups excluding carboxylic acids is 1. The number of rotatable bonds is 12. The average Bonchev–Trinajstić information content (AvgIpc) is 3.45. The van der Waals surface area contributed by atoms with E-state index < -0.39 is 31.1 Å². The van der Waals surface area contributed by atoms with Gasteiger partial charge in [-0.1, -0.05) is 6.07 Å². The fraction of sp³-hybridized carbons (Fsp3) is 0.200. The third kappa shape index (κ3) is 6.63. The number of carbonyl (C=O) groups is 1. The average molecular weight is 667 g/mol. The van der Waals surface area contributed by atoms with Crippen LogP contribution in [0.4, 0.5) is 5.82 Å². The molecule has 0 spiro atoms. The second kappa shape index (κ2) is 13.1. The molecule has 2 N–H and O–H groups in total. The monoisotopic (exact) mass is 666 g/mol. The van der Waals surface area contributed by atoms with E-state index in [4.69, 9.17) is 14.2 Å². The molecule has 0 aliphatic heterocycles. The van der Waals surface area contributed by atoms with Gasteiger partial charge in [-0.05, 0) is 62.4 Å². The lowest BCUT2D eigenvalue weighted by molar-refractivity contribution is -0.118.